The SMILES string of the molecule is CCNC(C)c1cc(Br)cc(Br)c1O. The van der Waals surface area contributed by atoms with Crippen molar-refractivity contribution in [1.29, 1.82) is 0 Å². The molecule has 0 aliphatic rings. The van der Waals surface area contributed by atoms with Crippen molar-refractivity contribution in [1.82, 2.24) is 5.32 Å². The highest BCUT2D eigenvalue weighted by molar-refractivity contribution is 9.11. The van der Waals surface area contributed by atoms with Crippen LogP contribution in [0.5, 0.6) is 5.75 Å². The summed E-state index contributed by atoms with van der Waals surface area (Å²) in [7, 11) is 0. The van der Waals surface area contributed by atoms with Crippen LogP contribution in [0.2, 0.25) is 0 Å². The van der Waals surface area contributed by atoms with Crippen molar-refractivity contribution >= 4 is 31.9 Å². The third-order valence-corrected chi connectivity index (χ3v) is 3.10. The molecule has 2 N–H and O–H groups in total. The van der Waals surface area contributed by atoms with Gasteiger partial charge in [0.2, 0.25) is 0 Å². The summed E-state index contributed by atoms with van der Waals surface area (Å²) in [6, 6.07) is 3.90. The molecule has 0 aliphatic heterocycles. The average molecular weight is 323 g/mol. The number of hydrogen-bond donors (Lipinski definition) is 2. The third kappa shape index (κ3) is 2.72. The Hall–Kier alpha value is -0.0600. The quantitative estimate of drug-likeness (QED) is 0.891. The monoisotopic (exact) mass is 321 g/mol. The van der Waals surface area contributed by atoms with E-state index < -0.39 is 0 Å². The number of phenols is 1. The van der Waals surface area contributed by atoms with E-state index in [1.165, 1.54) is 0 Å². The fraction of sp³-hybridized carbons (Fsp3) is 0.400. The van der Waals surface area contributed by atoms with Crippen molar-refractivity contribution in [3.63, 3.8) is 0 Å². The third-order valence-electron chi connectivity index (χ3n) is 2.03. The van der Waals surface area contributed by atoms with Crippen LogP contribution in [0.3, 0.4) is 0 Å². The van der Waals surface area contributed by atoms with Crippen LogP contribution < -0.4 is 5.32 Å². The van der Waals surface area contributed by atoms with Gasteiger partial charge in [0, 0.05) is 16.1 Å². The molecule has 0 bridgehead atoms. The molecule has 2 nitrogen and oxygen atoms in total. The zero-order chi connectivity index (χ0) is 10.7. The molecule has 0 heterocycles. The molecule has 1 unspecified atom stereocenters. The normalized spacial score (nSPS) is 12.9. The van der Waals surface area contributed by atoms with E-state index in [0.717, 1.165) is 16.6 Å². The van der Waals surface area contributed by atoms with Gasteiger partial charge in [-0.2, -0.15) is 0 Å². The second kappa shape index (κ2) is 5.14. The van der Waals surface area contributed by atoms with Crippen LogP contribution in [0.1, 0.15) is 25.5 Å². The minimum atomic E-state index is 0.147. The van der Waals surface area contributed by atoms with Crippen molar-refractivity contribution in [2.45, 2.75) is 19.9 Å². The lowest BCUT2D eigenvalue weighted by atomic mass is 10.1. The lowest BCUT2D eigenvalue weighted by Gasteiger charge is -2.15. The predicted molar refractivity (Wildman–Crippen MR) is 65.6 cm³/mol. The molecule has 0 saturated heterocycles. The predicted octanol–water partition coefficient (Wildman–Crippen LogP) is 3.59. The van der Waals surface area contributed by atoms with E-state index in [4.69, 9.17) is 0 Å². The van der Waals surface area contributed by atoms with Crippen LogP contribution in [0.4, 0.5) is 0 Å². The molecule has 1 rings (SSSR count). The average Bonchev–Trinajstić information content (AvgIpc) is 2.11. The number of phenolic OH excluding ortho intramolecular Hbond substituents is 1. The number of nitrogens with one attached hydrogen (secondary N) is 1. The maximum atomic E-state index is 9.81. The molecule has 0 fully saturated rings. The molecular weight excluding hydrogens is 310 g/mol. The zero-order valence-electron chi connectivity index (χ0n) is 8.14. The van der Waals surface area contributed by atoms with Gasteiger partial charge in [0.1, 0.15) is 5.75 Å². The number of hydrogen-bond acceptors (Lipinski definition) is 2. The van der Waals surface area contributed by atoms with Gasteiger partial charge in [-0.25, -0.2) is 0 Å². The molecule has 0 amide bonds. The van der Waals surface area contributed by atoms with Crippen LogP contribution in [-0.4, -0.2) is 11.7 Å². The van der Waals surface area contributed by atoms with Crippen molar-refractivity contribution in [2.75, 3.05) is 6.54 Å². The van der Waals surface area contributed by atoms with Gasteiger partial charge in [-0.3, -0.25) is 0 Å². The summed E-state index contributed by atoms with van der Waals surface area (Å²) < 4.78 is 1.67. The first-order valence-electron chi connectivity index (χ1n) is 4.47. The summed E-state index contributed by atoms with van der Waals surface area (Å²) in [5.41, 5.74) is 0.896. The highest BCUT2D eigenvalue weighted by Gasteiger charge is 2.12. The van der Waals surface area contributed by atoms with Crippen LogP contribution in [-0.2, 0) is 0 Å². The van der Waals surface area contributed by atoms with E-state index in [0.29, 0.717) is 10.2 Å². The first-order chi connectivity index (χ1) is 6.56. The second-order valence-corrected chi connectivity index (χ2v) is 4.87. The van der Waals surface area contributed by atoms with E-state index in [2.05, 4.69) is 37.2 Å². The Morgan fingerprint density at radius 3 is 2.64 bits per heavy atom. The van der Waals surface area contributed by atoms with Gasteiger partial charge in [-0.05, 0) is 41.5 Å². The molecule has 0 aliphatic carbocycles. The minimum absolute atomic E-state index is 0.147. The molecule has 4 heteroatoms. The molecule has 14 heavy (non-hydrogen) atoms. The van der Waals surface area contributed by atoms with Gasteiger partial charge in [-0.1, -0.05) is 22.9 Å². The van der Waals surface area contributed by atoms with E-state index in [1.807, 2.05) is 26.0 Å². The Bertz CT molecular complexity index is 328. The Labute approximate surface area is 101 Å². The molecule has 78 valence electrons. The fourth-order valence-corrected chi connectivity index (χ4v) is 2.59. The molecule has 0 aromatic heterocycles. The Kier molecular flexibility index (Phi) is 4.41. The molecule has 1 aromatic carbocycles. The van der Waals surface area contributed by atoms with Crippen molar-refractivity contribution in [3.8, 4) is 5.75 Å². The molecule has 1 aromatic rings. The summed E-state index contributed by atoms with van der Waals surface area (Å²) in [6.45, 7) is 4.95. The number of aromatic hydroxyl groups is 1. The van der Waals surface area contributed by atoms with Gasteiger partial charge in [0.05, 0.1) is 4.47 Å². The van der Waals surface area contributed by atoms with Crippen LogP contribution in [0, 0.1) is 0 Å². The standard InChI is InChI=1S/C10H13Br2NO/c1-3-13-6(2)8-4-7(11)5-9(12)10(8)14/h4-6,13-14H,3H2,1-2H3. The van der Waals surface area contributed by atoms with E-state index in [1.54, 1.807) is 0 Å². The number of halogens is 2. The van der Waals surface area contributed by atoms with E-state index >= 15 is 0 Å². The summed E-state index contributed by atoms with van der Waals surface area (Å²) in [6.07, 6.45) is 0. The highest BCUT2D eigenvalue weighted by atomic mass is 79.9. The first kappa shape index (κ1) is 12.0. The van der Waals surface area contributed by atoms with E-state index in [9.17, 15) is 5.11 Å². The lowest BCUT2D eigenvalue weighted by molar-refractivity contribution is 0.451. The van der Waals surface area contributed by atoms with Gasteiger partial charge in [0.15, 0.2) is 0 Å². The Morgan fingerprint density at radius 2 is 2.07 bits per heavy atom. The first-order valence-corrected chi connectivity index (χ1v) is 6.06. The summed E-state index contributed by atoms with van der Waals surface area (Å²) in [5, 5.41) is 13.1. The van der Waals surface area contributed by atoms with E-state index in [-0.39, 0.29) is 6.04 Å². The Balaban J connectivity index is 3.07. The largest absolute Gasteiger partial charge is 0.506 e. The maximum Gasteiger partial charge on any atom is 0.134 e. The van der Waals surface area contributed by atoms with Gasteiger partial charge >= 0.3 is 0 Å². The Morgan fingerprint density at radius 1 is 1.43 bits per heavy atom. The molecule has 0 saturated carbocycles. The molecule has 0 radical (unpaired) electrons. The summed E-state index contributed by atoms with van der Waals surface area (Å²) in [4.78, 5) is 0. The van der Waals surface area contributed by atoms with Gasteiger partial charge in [-0.15, -0.1) is 0 Å². The van der Waals surface area contributed by atoms with Crippen molar-refractivity contribution in [2.24, 2.45) is 0 Å². The van der Waals surface area contributed by atoms with Crippen LogP contribution in [0.15, 0.2) is 21.1 Å². The molecule has 0 spiro atoms. The maximum absolute atomic E-state index is 9.81. The lowest BCUT2D eigenvalue weighted by Crippen LogP contribution is -2.17. The smallest absolute Gasteiger partial charge is 0.134 e. The summed E-state index contributed by atoms with van der Waals surface area (Å²) >= 11 is 6.71. The molecular formula is C10H13Br2NO. The van der Waals surface area contributed by atoms with Crippen molar-refractivity contribution < 1.29 is 5.11 Å². The minimum Gasteiger partial charge on any atom is -0.506 e. The van der Waals surface area contributed by atoms with Gasteiger partial charge in [0.25, 0.3) is 0 Å². The molecule has 1 atom stereocenters. The van der Waals surface area contributed by atoms with Crippen LogP contribution in [0.25, 0.3) is 0 Å². The van der Waals surface area contributed by atoms with Crippen molar-refractivity contribution in [3.05, 3.63) is 26.6 Å². The highest BCUT2D eigenvalue weighted by Crippen LogP contribution is 2.34. The topological polar surface area (TPSA) is 32.3 Å². The zero-order valence-corrected chi connectivity index (χ0v) is 11.3. The second-order valence-electron chi connectivity index (χ2n) is 3.10. The number of benzene rings is 1. The summed E-state index contributed by atoms with van der Waals surface area (Å²) in [5.74, 6) is 0.307. The number of rotatable bonds is 3. The van der Waals surface area contributed by atoms with Crippen LogP contribution >= 0.6 is 31.9 Å². The van der Waals surface area contributed by atoms with Gasteiger partial charge < -0.3 is 10.4 Å². The fourth-order valence-electron chi connectivity index (χ4n) is 1.33.